The molecule has 0 atom stereocenters. The highest BCUT2D eigenvalue weighted by Gasteiger charge is 2.16. The van der Waals surface area contributed by atoms with Gasteiger partial charge in [0.05, 0.1) is 7.14 Å². The fourth-order valence-electron chi connectivity index (χ4n) is 2.27. The summed E-state index contributed by atoms with van der Waals surface area (Å²) in [7, 11) is 0. The Kier molecular flexibility index (Phi) is 7.82. The maximum Gasteiger partial charge on any atom is 0.342 e. The van der Waals surface area contributed by atoms with Gasteiger partial charge in [-0.3, -0.25) is 0 Å². The summed E-state index contributed by atoms with van der Waals surface area (Å²) in [5, 5.41) is 17.9. The first-order valence-electron chi connectivity index (χ1n) is 8.11. The van der Waals surface area contributed by atoms with Crippen LogP contribution in [-0.4, -0.2) is 21.3 Å². The van der Waals surface area contributed by atoms with Crippen LogP contribution in [0.3, 0.4) is 0 Å². The second kappa shape index (κ2) is 10.1. The zero-order valence-corrected chi connectivity index (χ0v) is 20.7. The van der Waals surface area contributed by atoms with E-state index in [9.17, 15) is 9.90 Å². The van der Waals surface area contributed by atoms with Crippen molar-refractivity contribution in [2.75, 3.05) is 0 Å². The number of ether oxygens (including phenoxy) is 1. The number of halogens is 3. The minimum Gasteiger partial charge on any atom is -0.487 e. The van der Waals surface area contributed by atoms with Gasteiger partial charge in [-0.15, -0.1) is 10.2 Å². The number of nitrogens with zero attached hydrogens (tertiary/aromatic N) is 2. The van der Waals surface area contributed by atoms with Gasteiger partial charge in [-0.1, -0.05) is 29.8 Å². The number of thioether (sulfide) groups is 1. The number of carboxylic acid groups (broad SMARTS) is 1. The Balaban J connectivity index is 1.82. The SMILES string of the molecule is Cc1nnc(S/C(=C\c2cc(I)c(OCc3ccccc3Cl)c(I)c2)C(=O)O)o1. The minimum atomic E-state index is -1.07. The second-order valence-electron chi connectivity index (χ2n) is 5.70. The number of carboxylic acids is 1. The van der Waals surface area contributed by atoms with Crippen molar-refractivity contribution in [3.05, 3.63) is 70.5 Å². The number of aliphatic carboxylic acids is 1. The van der Waals surface area contributed by atoms with E-state index in [1.54, 1.807) is 13.0 Å². The van der Waals surface area contributed by atoms with Crippen LogP contribution in [0.5, 0.6) is 5.75 Å². The largest absolute Gasteiger partial charge is 0.487 e. The number of hydrogen-bond acceptors (Lipinski definition) is 6. The maximum atomic E-state index is 11.6. The van der Waals surface area contributed by atoms with Crippen molar-refractivity contribution >= 4 is 80.6 Å². The van der Waals surface area contributed by atoms with Crippen molar-refractivity contribution in [2.24, 2.45) is 0 Å². The van der Waals surface area contributed by atoms with Gasteiger partial charge in [0.25, 0.3) is 5.22 Å². The average Bonchev–Trinajstić information content (AvgIpc) is 3.06. The Morgan fingerprint density at radius 2 is 1.97 bits per heavy atom. The van der Waals surface area contributed by atoms with Gasteiger partial charge in [0.1, 0.15) is 17.3 Å². The highest BCUT2D eigenvalue weighted by molar-refractivity contribution is 14.1. The topological polar surface area (TPSA) is 85.5 Å². The van der Waals surface area contributed by atoms with Gasteiger partial charge >= 0.3 is 5.97 Å². The molecule has 0 aliphatic heterocycles. The Morgan fingerprint density at radius 3 is 2.55 bits per heavy atom. The molecule has 6 nitrogen and oxygen atoms in total. The summed E-state index contributed by atoms with van der Waals surface area (Å²) in [6, 6.07) is 11.2. The summed E-state index contributed by atoms with van der Waals surface area (Å²) < 4.78 is 12.9. The van der Waals surface area contributed by atoms with E-state index in [1.165, 1.54) is 0 Å². The first kappa shape index (κ1) is 22.4. The quantitative estimate of drug-likeness (QED) is 0.189. The van der Waals surface area contributed by atoms with Gasteiger partial charge in [-0.05, 0) is 86.8 Å². The van der Waals surface area contributed by atoms with E-state index < -0.39 is 5.97 Å². The number of aryl methyl sites for hydroxylation is 1. The van der Waals surface area contributed by atoms with Crippen molar-refractivity contribution in [1.29, 1.82) is 0 Å². The highest BCUT2D eigenvalue weighted by atomic mass is 127. The molecular formula is C19H13ClI2N2O4S. The van der Waals surface area contributed by atoms with Gasteiger partial charge in [-0.2, -0.15) is 0 Å². The lowest BCUT2D eigenvalue weighted by molar-refractivity contribution is -0.131. The van der Waals surface area contributed by atoms with Crippen molar-refractivity contribution in [2.45, 2.75) is 18.8 Å². The van der Waals surface area contributed by atoms with E-state index in [4.69, 9.17) is 20.8 Å². The molecule has 1 aromatic heterocycles. The Labute approximate surface area is 203 Å². The van der Waals surface area contributed by atoms with Gasteiger partial charge < -0.3 is 14.3 Å². The molecule has 2 aromatic carbocycles. The molecule has 0 radical (unpaired) electrons. The number of rotatable bonds is 7. The normalized spacial score (nSPS) is 11.5. The van der Waals surface area contributed by atoms with Crippen LogP contribution in [0.4, 0.5) is 0 Å². The minimum absolute atomic E-state index is 0.0741. The number of benzene rings is 2. The van der Waals surface area contributed by atoms with Crippen LogP contribution in [0, 0.1) is 14.1 Å². The van der Waals surface area contributed by atoms with Crippen LogP contribution in [0.1, 0.15) is 17.0 Å². The molecule has 0 aliphatic rings. The maximum absolute atomic E-state index is 11.6. The van der Waals surface area contributed by atoms with Gasteiger partial charge in [0, 0.05) is 17.5 Å². The van der Waals surface area contributed by atoms with E-state index in [1.807, 2.05) is 36.4 Å². The van der Waals surface area contributed by atoms with Crippen molar-refractivity contribution in [1.82, 2.24) is 10.2 Å². The molecule has 0 saturated heterocycles. The Hall–Kier alpha value is -1.31. The molecule has 0 saturated carbocycles. The van der Waals surface area contributed by atoms with Crippen molar-refractivity contribution in [3.8, 4) is 5.75 Å². The molecule has 0 bridgehead atoms. The average molecular weight is 655 g/mol. The molecule has 10 heteroatoms. The van der Waals surface area contributed by atoms with E-state index in [2.05, 4.69) is 55.4 Å². The zero-order valence-electron chi connectivity index (χ0n) is 14.9. The standard InChI is InChI=1S/C19H13ClI2N2O4S/c1-10-23-24-19(28-10)29-16(18(25)26)8-11-6-14(21)17(15(22)7-11)27-9-12-4-2-3-5-13(12)20/h2-8H,9H2,1H3,(H,25,26)/b16-8-. The predicted octanol–water partition coefficient (Wildman–Crippen LogP) is 6.04. The predicted molar refractivity (Wildman–Crippen MR) is 128 cm³/mol. The molecule has 0 spiro atoms. The third-order valence-electron chi connectivity index (χ3n) is 3.56. The number of hydrogen-bond donors (Lipinski definition) is 1. The third kappa shape index (κ3) is 6.09. The summed E-state index contributed by atoms with van der Waals surface area (Å²) in [5.74, 6) is 0.0246. The molecule has 29 heavy (non-hydrogen) atoms. The number of carbonyl (C=O) groups is 1. The molecular weight excluding hydrogens is 642 g/mol. The Bertz CT molecular complexity index is 1060. The van der Waals surface area contributed by atoms with E-state index in [0.29, 0.717) is 17.5 Å². The molecule has 1 heterocycles. The lowest BCUT2D eigenvalue weighted by atomic mass is 10.2. The van der Waals surface area contributed by atoms with Gasteiger partial charge in [0.2, 0.25) is 5.89 Å². The van der Waals surface area contributed by atoms with Gasteiger partial charge in [-0.25, -0.2) is 4.79 Å². The van der Waals surface area contributed by atoms with Crippen LogP contribution in [0.25, 0.3) is 6.08 Å². The van der Waals surface area contributed by atoms with Crippen LogP contribution in [0.2, 0.25) is 5.02 Å². The molecule has 150 valence electrons. The molecule has 1 N–H and O–H groups in total. The summed E-state index contributed by atoms with van der Waals surface area (Å²) in [6.45, 7) is 1.99. The lowest BCUT2D eigenvalue weighted by Crippen LogP contribution is -2.01. The lowest BCUT2D eigenvalue weighted by Gasteiger charge is -2.12. The Morgan fingerprint density at radius 1 is 1.28 bits per heavy atom. The smallest absolute Gasteiger partial charge is 0.342 e. The van der Waals surface area contributed by atoms with Crippen LogP contribution in [-0.2, 0) is 11.4 Å². The molecule has 3 rings (SSSR count). The second-order valence-corrected chi connectivity index (χ2v) is 9.42. The summed E-state index contributed by atoms with van der Waals surface area (Å²) >= 11 is 11.4. The highest BCUT2D eigenvalue weighted by Crippen LogP contribution is 2.33. The van der Waals surface area contributed by atoms with E-state index in [-0.39, 0.29) is 10.1 Å². The third-order valence-corrected chi connectivity index (χ3v) is 6.39. The van der Waals surface area contributed by atoms with Crippen molar-refractivity contribution in [3.63, 3.8) is 0 Å². The van der Waals surface area contributed by atoms with Crippen LogP contribution >= 0.6 is 68.5 Å². The first-order valence-corrected chi connectivity index (χ1v) is 11.5. The molecule has 0 amide bonds. The van der Waals surface area contributed by atoms with Gasteiger partial charge in [0.15, 0.2) is 0 Å². The summed E-state index contributed by atoms with van der Waals surface area (Å²) in [6.07, 6.45) is 1.56. The molecule has 0 fully saturated rings. The van der Waals surface area contributed by atoms with E-state index in [0.717, 1.165) is 35.8 Å². The molecule has 0 unspecified atom stereocenters. The monoisotopic (exact) mass is 654 g/mol. The van der Waals surface area contributed by atoms with Crippen molar-refractivity contribution < 1.29 is 19.1 Å². The van der Waals surface area contributed by atoms with Crippen LogP contribution < -0.4 is 4.74 Å². The fraction of sp³-hybridized carbons (Fsp3) is 0.105. The summed E-state index contributed by atoms with van der Waals surface area (Å²) in [5.41, 5.74) is 1.62. The summed E-state index contributed by atoms with van der Waals surface area (Å²) in [4.78, 5) is 11.7. The first-order chi connectivity index (χ1) is 13.8. The molecule has 3 aromatic rings. The van der Waals surface area contributed by atoms with E-state index >= 15 is 0 Å². The molecule has 0 aliphatic carbocycles. The van der Waals surface area contributed by atoms with Crippen LogP contribution in [0.15, 0.2) is 50.9 Å². The zero-order chi connectivity index (χ0) is 21.0. The number of aromatic nitrogens is 2. The fourth-order valence-corrected chi connectivity index (χ4v) is 5.30.